The highest BCUT2D eigenvalue weighted by Gasteiger charge is 2.25. The standard InChI is InChI=1S/C25H43N5O2/c1-6-26-25(28-17-23(19(2)3)30-12-10-29(5)11-13-30)27-16-21-8-7-20(4)15-24(21)32-22-9-14-31-18-22/h7-8,15,19,22-23H,6,9-14,16-18H2,1-5H3,(H2,26,27,28). The lowest BCUT2D eigenvalue weighted by Crippen LogP contribution is -2.55. The first kappa shape index (κ1) is 24.8. The molecule has 3 rings (SSSR count). The number of aryl methyl sites for hydroxylation is 1. The average Bonchev–Trinajstić information content (AvgIpc) is 3.27. The zero-order valence-corrected chi connectivity index (χ0v) is 20.7. The summed E-state index contributed by atoms with van der Waals surface area (Å²) < 4.78 is 11.7. The number of nitrogens with zero attached hydrogens (tertiary/aromatic N) is 3. The maximum Gasteiger partial charge on any atom is 0.191 e. The molecule has 2 N–H and O–H groups in total. The smallest absolute Gasteiger partial charge is 0.191 e. The van der Waals surface area contributed by atoms with Gasteiger partial charge in [-0.05, 0) is 38.4 Å². The van der Waals surface area contributed by atoms with Crippen LogP contribution in [-0.2, 0) is 11.3 Å². The molecular formula is C25H43N5O2. The first-order valence-electron chi connectivity index (χ1n) is 12.2. The lowest BCUT2D eigenvalue weighted by atomic mass is 10.0. The zero-order valence-electron chi connectivity index (χ0n) is 20.7. The van der Waals surface area contributed by atoms with E-state index in [0.717, 1.165) is 69.6 Å². The third kappa shape index (κ3) is 7.36. The second-order valence-corrected chi connectivity index (χ2v) is 9.44. The number of hydrogen-bond donors (Lipinski definition) is 2. The summed E-state index contributed by atoms with van der Waals surface area (Å²) >= 11 is 0. The number of benzene rings is 1. The maximum absolute atomic E-state index is 6.25. The number of hydrogen-bond acceptors (Lipinski definition) is 5. The van der Waals surface area contributed by atoms with E-state index in [1.807, 2.05) is 0 Å². The average molecular weight is 446 g/mol. The van der Waals surface area contributed by atoms with Gasteiger partial charge in [0.25, 0.3) is 0 Å². The minimum absolute atomic E-state index is 0.140. The number of rotatable bonds is 9. The van der Waals surface area contributed by atoms with Gasteiger partial charge < -0.3 is 25.0 Å². The predicted octanol–water partition coefficient (Wildman–Crippen LogP) is 2.49. The molecule has 1 aromatic rings. The van der Waals surface area contributed by atoms with Crippen LogP contribution >= 0.6 is 0 Å². The van der Waals surface area contributed by atoms with E-state index in [1.165, 1.54) is 5.56 Å². The van der Waals surface area contributed by atoms with Crippen LogP contribution in [-0.4, -0.2) is 87.4 Å². The van der Waals surface area contributed by atoms with E-state index in [1.54, 1.807) is 0 Å². The van der Waals surface area contributed by atoms with E-state index in [-0.39, 0.29) is 6.10 Å². The van der Waals surface area contributed by atoms with Gasteiger partial charge in [-0.15, -0.1) is 0 Å². The van der Waals surface area contributed by atoms with Gasteiger partial charge in [-0.2, -0.15) is 0 Å². The van der Waals surface area contributed by atoms with E-state index < -0.39 is 0 Å². The number of piperazine rings is 1. The number of nitrogens with one attached hydrogen (secondary N) is 2. The van der Waals surface area contributed by atoms with E-state index in [4.69, 9.17) is 14.5 Å². The largest absolute Gasteiger partial charge is 0.488 e. The maximum atomic E-state index is 6.25. The van der Waals surface area contributed by atoms with E-state index in [9.17, 15) is 0 Å². The van der Waals surface area contributed by atoms with Gasteiger partial charge in [-0.3, -0.25) is 4.90 Å². The number of aliphatic imine (C=N–C) groups is 1. The Hall–Kier alpha value is -1.83. The van der Waals surface area contributed by atoms with Gasteiger partial charge in [0.05, 0.1) is 19.8 Å². The third-order valence-corrected chi connectivity index (χ3v) is 6.41. The molecule has 2 fully saturated rings. The minimum atomic E-state index is 0.140. The Bertz CT molecular complexity index is 725. The predicted molar refractivity (Wildman–Crippen MR) is 132 cm³/mol. The molecule has 0 aliphatic carbocycles. The van der Waals surface area contributed by atoms with Crippen molar-refractivity contribution in [3.05, 3.63) is 29.3 Å². The first-order valence-corrected chi connectivity index (χ1v) is 12.2. The van der Waals surface area contributed by atoms with Crippen molar-refractivity contribution in [3.8, 4) is 5.75 Å². The van der Waals surface area contributed by atoms with Crippen LogP contribution in [0.1, 0.15) is 38.3 Å². The fraction of sp³-hybridized carbons (Fsp3) is 0.720. The van der Waals surface area contributed by atoms with Crippen molar-refractivity contribution in [3.63, 3.8) is 0 Å². The van der Waals surface area contributed by atoms with Crippen molar-refractivity contribution < 1.29 is 9.47 Å². The lowest BCUT2D eigenvalue weighted by Gasteiger charge is -2.40. The van der Waals surface area contributed by atoms with Crippen LogP contribution in [0.15, 0.2) is 23.2 Å². The molecule has 2 heterocycles. The quantitative estimate of drug-likeness (QED) is 0.450. The number of guanidine groups is 1. The van der Waals surface area contributed by atoms with Gasteiger partial charge in [-0.1, -0.05) is 26.0 Å². The van der Waals surface area contributed by atoms with E-state index in [0.29, 0.717) is 25.1 Å². The van der Waals surface area contributed by atoms with Crippen molar-refractivity contribution in [2.24, 2.45) is 10.9 Å². The molecule has 1 aromatic carbocycles. The summed E-state index contributed by atoms with van der Waals surface area (Å²) in [6.07, 6.45) is 1.09. The van der Waals surface area contributed by atoms with Crippen LogP contribution in [0, 0.1) is 12.8 Å². The van der Waals surface area contributed by atoms with Gasteiger partial charge in [0, 0.05) is 57.3 Å². The molecule has 0 aromatic heterocycles. The van der Waals surface area contributed by atoms with Crippen molar-refractivity contribution in [1.29, 1.82) is 0 Å². The summed E-state index contributed by atoms with van der Waals surface area (Å²) in [5.41, 5.74) is 2.31. The molecule has 0 radical (unpaired) electrons. The molecule has 2 atom stereocenters. The Morgan fingerprint density at radius 3 is 2.66 bits per heavy atom. The summed E-state index contributed by atoms with van der Waals surface area (Å²) in [4.78, 5) is 9.92. The van der Waals surface area contributed by atoms with Gasteiger partial charge >= 0.3 is 0 Å². The van der Waals surface area contributed by atoms with Crippen LogP contribution in [0.5, 0.6) is 5.75 Å². The molecule has 2 aliphatic rings. The Balaban J connectivity index is 1.64. The Labute approximate surface area is 194 Å². The van der Waals surface area contributed by atoms with Crippen molar-refractivity contribution in [1.82, 2.24) is 20.4 Å². The first-order chi connectivity index (χ1) is 15.5. The topological polar surface area (TPSA) is 61.4 Å². The summed E-state index contributed by atoms with van der Waals surface area (Å²) in [6.45, 7) is 17.1. The van der Waals surface area contributed by atoms with Crippen LogP contribution in [0.3, 0.4) is 0 Å². The molecule has 7 nitrogen and oxygen atoms in total. The van der Waals surface area contributed by atoms with Gasteiger partial charge in [0.15, 0.2) is 5.96 Å². The van der Waals surface area contributed by atoms with Gasteiger partial charge in [0.2, 0.25) is 0 Å². The molecule has 7 heteroatoms. The minimum Gasteiger partial charge on any atom is -0.488 e. The third-order valence-electron chi connectivity index (χ3n) is 6.41. The van der Waals surface area contributed by atoms with Crippen LogP contribution in [0.2, 0.25) is 0 Å². The molecular weight excluding hydrogens is 402 g/mol. The number of ether oxygens (including phenoxy) is 2. The SMILES string of the molecule is CCNC(=NCc1ccc(C)cc1OC1CCOC1)NCC(C(C)C)N1CCN(C)CC1. The van der Waals surface area contributed by atoms with Gasteiger partial charge in [-0.25, -0.2) is 4.99 Å². The highest BCUT2D eigenvalue weighted by molar-refractivity contribution is 5.79. The Morgan fingerprint density at radius 2 is 2.00 bits per heavy atom. The summed E-state index contributed by atoms with van der Waals surface area (Å²) in [5.74, 6) is 2.38. The number of likely N-dealkylation sites (N-methyl/N-ethyl adjacent to an activating group) is 1. The molecule has 2 saturated heterocycles. The molecule has 180 valence electrons. The van der Waals surface area contributed by atoms with Crippen molar-refractivity contribution in [2.45, 2.75) is 52.8 Å². The van der Waals surface area contributed by atoms with E-state index in [2.05, 4.69) is 73.4 Å². The fourth-order valence-electron chi connectivity index (χ4n) is 4.33. The normalized spacial score (nSPS) is 21.7. The zero-order chi connectivity index (χ0) is 22.9. The molecule has 0 spiro atoms. The molecule has 32 heavy (non-hydrogen) atoms. The van der Waals surface area contributed by atoms with Gasteiger partial charge in [0.1, 0.15) is 11.9 Å². The van der Waals surface area contributed by atoms with Crippen LogP contribution in [0.25, 0.3) is 0 Å². The highest BCUT2D eigenvalue weighted by Crippen LogP contribution is 2.24. The second kappa shape index (κ2) is 12.4. The molecule has 0 saturated carbocycles. The Morgan fingerprint density at radius 1 is 1.22 bits per heavy atom. The fourth-order valence-corrected chi connectivity index (χ4v) is 4.33. The van der Waals surface area contributed by atoms with Crippen LogP contribution < -0.4 is 15.4 Å². The summed E-state index contributed by atoms with van der Waals surface area (Å²) in [7, 11) is 2.21. The summed E-state index contributed by atoms with van der Waals surface area (Å²) in [6, 6.07) is 6.87. The lowest BCUT2D eigenvalue weighted by molar-refractivity contribution is 0.0900. The Kier molecular flexibility index (Phi) is 9.63. The van der Waals surface area contributed by atoms with E-state index >= 15 is 0 Å². The highest BCUT2D eigenvalue weighted by atomic mass is 16.5. The second-order valence-electron chi connectivity index (χ2n) is 9.44. The van der Waals surface area contributed by atoms with Crippen molar-refractivity contribution >= 4 is 5.96 Å². The molecule has 0 bridgehead atoms. The molecule has 2 aliphatic heterocycles. The van der Waals surface area contributed by atoms with Crippen molar-refractivity contribution in [2.75, 3.05) is 59.5 Å². The molecule has 0 amide bonds. The van der Waals surface area contributed by atoms with Crippen LogP contribution in [0.4, 0.5) is 0 Å². The monoisotopic (exact) mass is 445 g/mol. The summed E-state index contributed by atoms with van der Waals surface area (Å²) in [5, 5.41) is 7.02. The molecule has 2 unspecified atom stereocenters.